The molecule has 0 N–H and O–H groups in total. The number of allylic oxidation sites excluding steroid dienone is 2. The maximum atomic E-state index is 12.8. The molecule has 1 saturated heterocycles. The topological polar surface area (TPSA) is 29.5 Å². The summed E-state index contributed by atoms with van der Waals surface area (Å²) in [5, 5.41) is 0. The van der Waals surface area contributed by atoms with Crippen LogP contribution in [0.1, 0.15) is 12.5 Å². The molecule has 25 heavy (non-hydrogen) atoms. The third-order valence-corrected chi connectivity index (χ3v) is 4.96. The van der Waals surface area contributed by atoms with E-state index in [1.807, 2.05) is 67.6 Å². The minimum absolute atomic E-state index is 0.107. The van der Waals surface area contributed by atoms with Gasteiger partial charge in [-0.15, -0.1) is 0 Å². The van der Waals surface area contributed by atoms with Crippen LogP contribution in [0.15, 0.2) is 71.2 Å². The van der Waals surface area contributed by atoms with Crippen molar-refractivity contribution in [3.8, 4) is 5.75 Å². The summed E-state index contributed by atoms with van der Waals surface area (Å²) in [4.78, 5) is 15.0. The van der Waals surface area contributed by atoms with Gasteiger partial charge in [0.15, 0.2) is 4.32 Å². The molecule has 1 heterocycles. The fourth-order valence-electron chi connectivity index (χ4n) is 2.50. The maximum absolute atomic E-state index is 12.8. The lowest BCUT2D eigenvalue weighted by molar-refractivity contribution is -0.113. The summed E-state index contributed by atoms with van der Waals surface area (Å²) in [7, 11) is 1.60. The number of anilines is 1. The van der Waals surface area contributed by atoms with E-state index in [9.17, 15) is 4.79 Å². The van der Waals surface area contributed by atoms with Crippen LogP contribution in [0.2, 0.25) is 0 Å². The van der Waals surface area contributed by atoms with E-state index in [1.165, 1.54) is 11.8 Å². The summed E-state index contributed by atoms with van der Waals surface area (Å²) in [6.45, 7) is 1.98. The Hall–Kier alpha value is -2.37. The third kappa shape index (κ3) is 4.00. The molecule has 1 fully saturated rings. The lowest BCUT2D eigenvalue weighted by atomic mass is 10.1. The highest BCUT2D eigenvalue weighted by atomic mass is 32.2. The van der Waals surface area contributed by atoms with E-state index in [4.69, 9.17) is 17.0 Å². The van der Waals surface area contributed by atoms with E-state index in [-0.39, 0.29) is 5.91 Å². The van der Waals surface area contributed by atoms with Crippen LogP contribution in [0.4, 0.5) is 5.69 Å². The van der Waals surface area contributed by atoms with Crippen molar-refractivity contribution < 1.29 is 9.53 Å². The first-order chi connectivity index (χ1) is 12.1. The van der Waals surface area contributed by atoms with Crippen molar-refractivity contribution >= 4 is 46.0 Å². The molecule has 126 valence electrons. The summed E-state index contributed by atoms with van der Waals surface area (Å²) in [6, 6.07) is 17.3. The number of ether oxygens (including phenoxy) is 1. The Morgan fingerprint density at radius 1 is 1.16 bits per heavy atom. The maximum Gasteiger partial charge on any atom is 0.270 e. The number of hydrogen-bond acceptors (Lipinski definition) is 4. The zero-order valence-corrected chi connectivity index (χ0v) is 15.6. The molecule has 0 spiro atoms. The van der Waals surface area contributed by atoms with E-state index in [0.717, 1.165) is 16.8 Å². The smallest absolute Gasteiger partial charge is 0.270 e. The standard InChI is InChI=1S/C20H17NO2S2/c1-14(11-15-7-4-3-5-8-15)12-18-19(22)21(20(24)25-18)16-9-6-10-17(13-16)23-2/h3-13H,1-2H3. The molecular weight excluding hydrogens is 350 g/mol. The molecule has 0 radical (unpaired) electrons. The van der Waals surface area contributed by atoms with Crippen LogP contribution in [-0.4, -0.2) is 17.3 Å². The average Bonchev–Trinajstić information content (AvgIpc) is 2.89. The molecule has 3 nitrogen and oxygen atoms in total. The highest BCUT2D eigenvalue weighted by molar-refractivity contribution is 8.27. The molecule has 0 aromatic heterocycles. The van der Waals surface area contributed by atoms with Gasteiger partial charge in [0.1, 0.15) is 5.75 Å². The quantitative estimate of drug-likeness (QED) is 0.559. The summed E-state index contributed by atoms with van der Waals surface area (Å²) >= 11 is 6.72. The number of carbonyl (C=O) groups excluding carboxylic acids is 1. The van der Waals surface area contributed by atoms with Gasteiger partial charge < -0.3 is 4.74 Å². The van der Waals surface area contributed by atoms with Crippen molar-refractivity contribution in [3.05, 3.63) is 76.7 Å². The highest BCUT2D eigenvalue weighted by Crippen LogP contribution is 2.36. The van der Waals surface area contributed by atoms with Crippen LogP contribution in [0.5, 0.6) is 5.75 Å². The van der Waals surface area contributed by atoms with Gasteiger partial charge in [-0.3, -0.25) is 9.69 Å². The monoisotopic (exact) mass is 367 g/mol. The number of hydrogen-bond donors (Lipinski definition) is 0. The lowest BCUT2D eigenvalue weighted by Gasteiger charge is -2.15. The molecule has 5 heteroatoms. The second-order valence-electron chi connectivity index (χ2n) is 5.52. The largest absolute Gasteiger partial charge is 0.497 e. The Balaban J connectivity index is 1.86. The number of thiocarbonyl (C=S) groups is 1. The predicted octanol–water partition coefficient (Wildman–Crippen LogP) is 5.05. The van der Waals surface area contributed by atoms with Gasteiger partial charge >= 0.3 is 0 Å². The number of carbonyl (C=O) groups is 1. The second-order valence-corrected chi connectivity index (χ2v) is 7.19. The normalized spacial score (nSPS) is 16.6. The Morgan fingerprint density at radius 3 is 2.64 bits per heavy atom. The predicted molar refractivity (Wildman–Crippen MR) is 109 cm³/mol. The van der Waals surface area contributed by atoms with Gasteiger partial charge in [-0.25, -0.2) is 0 Å². The number of rotatable bonds is 4. The van der Waals surface area contributed by atoms with Crippen LogP contribution in [0, 0.1) is 0 Å². The van der Waals surface area contributed by atoms with Gasteiger partial charge in [0.05, 0.1) is 17.7 Å². The van der Waals surface area contributed by atoms with Crippen LogP contribution >= 0.6 is 24.0 Å². The molecule has 3 rings (SSSR count). The van der Waals surface area contributed by atoms with Crippen molar-refractivity contribution in [1.82, 2.24) is 0 Å². The van der Waals surface area contributed by atoms with Gasteiger partial charge in [-0.1, -0.05) is 66.5 Å². The van der Waals surface area contributed by atoms with Crippen LogP contribution in [0.3, 0.4) is 0 Å². The van der Waals surface area contributed by atoms with Gasteiger partial charge in [0.25, 0.3) is 5.91 Å². The van der Waals surface area contributed by atoms with Crippen LogP contribution < -0.4 is 9.64 Å². The zero-order valence-electron chi connectivity index (χ0n) is 13.9. The Kier molecular flexibility index (Phi) is 5.36. The van der Waals surface area contributed by atoms with Gasteiger partial charge in [-0.2, -0.15) is 0 Å². The summed E-state index contributed by atoms with van der Waals surface area (Å²) < 4.78 is 5.76. The van der Waals surface area contributed by atoms with Gasteiger partial charge in [0, 0.05) is 6.07 Å². The SMILES string of the molecule is COc1cccc(N2C(=O)C(=CC(C)=Cc3ccccc3)SC2=S)c1. The third-order valence-electron chi connectivity index (χ3n) is 3.66. The highest BCUT2D eigenvalue weighted by Gasteiger charge is 2.33. The molecule has 0 saturated carbocycles. The molecule has 0 aliphatic carbocycles. The second kappa shape index (κ2) is 7.68. The van der Waals surface area contributed by atoms with Crippen molar-refractivity contribution in [2.75, 3.05) is 12.0 Å². The van der Waals surface area contributed by atoms with Gasteiger partial charge in [0.2, 0.25) is 0 Å². The molecule has 0 atom stereocenters. The van der Waals surface area contributed by atoms with Gasteiger partial charge in [-0.05, 0) is 36.3 Å². The fourth-order valence-corrected chi connectivity index (χ4v) is 3.85. The van der Waals surface area contributed by atoms with E-state index < -0.39 is 0 Å². The van der Waals surface area contributed by atoms with Crippen molar-refractivity contribution in [1.29, 1.82) is 0 Å². The summed E-state index contributed by atoms with van der Waals surface area (Å²) in [6.07, 6.45) is 3.92. The first-order valence-corrected chi connectivity index (χ1v) is 8.96. The molecule has 1 amide bonds. The van der Waals surface area contributed by atoms with Crippen molar-refractivity contribution in [2.24, 2.45) is 0 Å². The van der Waals surface area contributed by atoms with Crippen molar-refractivity contribution in [2.45, 2.75) is 6.92 Å². The minimum atomic E-state index is -0.107. The first-order valence-electron chi connectivity index (χ1n) is 7.74. The summed E-state index contributed by atoms with van der Waals surface area (Å²) in [5.74, 6) is 0.583. The number of amides is 1. The minimum Gasteiger partial charge on any atom is -0.497 e. The Labute approximate surface area is 157 Å². The first kappa shape index (κ1) is 17.5. The van der Waals surface area contributed by atoms with E-state index in [1.54, 1.807) is 18.1 Å². The number of thioether (sulfide) groups is 1. The fraction of sp³-hybridized carbons (Fsp3) is 0.100. The van der Waals surface area contributed by atoms with E-state index in [2.05, 4.69) is 0 Å². The Bertz CT molecular complexity index is 872. The van der Waals surface area contributed by atoms with Crippen molar-refractivity contribution in [3.63, 3.8) is 0 Å². The summed E-state index contributed by atoms with van der Waals surface area (Å²) in [5.41, 5.74) is 2.81. The molecule has 1 aliphatic heterocycles. The van der Waals surface area contributed by atoms with Crippen LogP contribution in [0.25, 0.3) is 6.08 Å². The van der Waals surface area contributed by atoms with E-state index >= 15 is 0 Å². The average molecular weight is 367 g/mol. The van der Waals surface area contributed by atoms with E-state index in [0.29, 0.717) is 15.0 Å². The zero-order chi connectivity index (χ0) is 17.8. The molecular formula is C20H17NO2S2. The lowest BCUT2D eigenvalue weighted by Crippen LogP contribution is -2.27. The van der Waals surface area contributed by atoms with Crippen LogP contribution in [-0.2, 0) is 4.79 Å². The number of methoxy groups -OCH3 is 1. The molecule has 2 aromatic rings. The molecule has 1 aliphatic rings. The molecule has 0 unspecified atom stereocenters. The number of benzene rings is 2. The number of nitrogens with zero attached hydrogens (tertiary/aromatic N) is 1. The molecule has 2 aromatic carbocycles. The molecule has 0 bridgehead atoms. The Morgan fingerprint density at radius 2 is 1.92 bits per heavy atom.